The van der Waals surface area contributed by atoms with Crippen molar-refractivity contribution in [3.05, 3.63) is 0 Å². The molecule has 0 heterocycles. The van der Waals surface area contributed by atoms with Crippen LogP contribution in [0.15, 0.2) is 0 Å². The lowest BCUT2D eigenvalue weighted by Gasteiger charge is -2.17. The molecule has 0 aromatic rings. The molecule has 14 heavy (non-hydrogen) atoms. The van der Waals surface area contributed by atoms with Gasteiger partial charge in [-0.2, -0.15) is 0 Å². The van der Waals surface area contributed by atoms with Crippen LogP contribution in [0.4, 0.5) is 0 Å². The lowest BCUT2D eigenvalue weighted by atomic mass is 10.0. The van der Waals surface area contributed by atoms with E-state index in [4.69, 9.17) is 0 Å². The van der Waals surface area contributed by atoms with Crippen LogP contribution in [-0.2, 0) is 14.4 Å². The van der Waals surface area contributed by atoms with E-state index in [1.54, 1.807) is 7.05 Å². The predicted octanol–water partition coefficient (Wildman–Crippen LogP) is 0.649. The van der Waals surface area contributed by atoms with Crippen LogP contribution < -0.4 is 0 Å². The molecular weight excluding hydrogens is 182 g/mol. The van der Waals surface area contributed by atoms with E-state index < -0.39 is 0 Å². The predicted molar refractivity (Wildman–Crippen MR) is 52.8 cm³/mol. The van der Waals surface area contributed by atoms with Crippen molar-refractivity contribution >= 4 is 18.5 Å². The van der Waals surface area contributed by atoms with Crippen molar-refractivity contribution in [2.24, 2.45) is 5.92 Å². The number of hydrogen-bond donors (Lipinski definition) is 0. The van der Waals surface area contributed by atoms with Gasteiger partial charge in [0.25, 0.3) is 0 Å². The van der Waals surface area contributed by atoms with Crippen LogP contribution in [0.2, 0.25) is 0 Å². The van der Waals surface area contributed by atoms with Gasteiger partial charge in [-0.1, -0.05) is 6.92 Å². The molecule has 0 saturated carbocycles. The molecule has 0 aromatic carbocycles. The number of amides is 1. The van der Waals surface area contributed by atoms with Crippen molar-refractivity contribution in [1.82, 2.24) is 4.90 Å². The van der Waals surface area contributed by atoms with Gasteiger partial charge in [0, 0.05) is 32.4 Å². The molecule has 0 spiro atoms. The van der Waals surface area contributed by atoms with Gasteiger partial charge in [-0.3, -0.25) is 4.79 Å². The fraction of sp³-hybridized carbons (Fsp3) is 0.700. The van der Waals surface area contributed by atoms with Gasteiger partial charge in [0.2, 0.25) is 5.91 Å². The molecule has 4 heteroatoms. The van der Waals surface area contributed by atoms with E-state index in [0.29, 0.717) is 19.4 Å². The Balaban J connectivity index is 3.92. The van der Waals surface area contributed by atoms with Crippen molar-refractivity contribution in [2.45, 2.75) is 26.2 Å². The largest absolute Gasteiger partial charge is 0.345 e. The minimum atomic E-state index is -0.193. The van der Waals surface area contributed by atoms with Gasteiger partial charge in [-0.25, -0.2) is 0 Å². The molecule has 0 aliphatic heterocycles. The third-order valence-corrected chi connectivity index (χ3v) is 2.16. The number of aldehydes is 2. The quantitative estimate of drug-likeness (QED) is 0.566. The molecule has 0 fully saturated rings. The van der Waals surface area contributed by atoms with Crippen molar-refractivity contribution < 1.29 is 14.4 Å². The second-order valence-corrected chi connectivity index (χ2v) is 3.28. The standard InChI is InChI=1S/C10H17NO3/c1-3-9(8-13)7-10(14)11(2)5-4-6-12/h6,8-9H,3-5,7H2,1-2H3. The topological polar surface area (TPSA) is 54.5 Å². The van der Waals surface area contributed by atoms with Crippen LogP contribution in [-0.4, -0.2) is 37.0 Å². The smallest absolute Gasteiger partial charge is 0.223 e. The Morgan fingerprint density at radius 1 is 1.43 bits per heavy atom. The Kier molecular flexibility index (Phi) is 6.62. The summed E-state index contributed by atoms with van der Waals surface area (Å²) in [7, 11) is 1.64. The van der Waals surface area contributed by atoms with Crippen molar-refractivity contribution in [2.75, 3.05) is 13.6 Å². The zero-order chi connectivity index (χ0) is 11.0. The summed E-state index contributed by atoms with van der Waals surface area (Å²) in [6.07, 6.45) is 2.86. The van der Waals surface area contributed by atoms with Gasteiger partial charge in [-0.05, 0) is 6.42 Å². The Bertz CT molecular complexity index is 204. The van der Waals surface area contributed by atoms with Gasteiger partial charge in [0.15, 0.2) is 0 Å². The molecule has 80 valence electrons. The Labute approximate surface area is 84.3 Å². The van der Waals surface area contributed by atoms with E-state index in [-0.39, 0.29) is 18.2 Å². The van der Waals surface area contributed by atoms with Gasteiger partial charge in [0.1, 0.15) is 12.6 Å². The van der Waals surface area contributed by atoms with E-state index in [9.17, 15) is 14.4 Å². The SMILES string of the molecule is CCC(C=O)CC(=O)N(C)CCC=O. The molecule has 0 N–H and O–H groups in total. The maximum atomic E-state index is 11.4. The molecule has 0 saturated heterocycles. The number of nitrogens with zero attached hydrogens (tertiary/aromatic N) is 1. The number of rotatable bonds is 7. The maximum absolute atomic E-state index is 11.4. The molecule has 0 rings (SSSR count). The number of carbonyl (C=O) groups is 3. The van der Waals surface area contributed by atoms with Crippen LogP contribution in [0.3, 0.4) is 0 Å². The summed E-state index contributed by atoms with van der Waals surface area (Å²) in [5.41, 5.74) is 0. The van der Waals surface area contributed by atoms with Crippen LogP contribution in [0, 0.1) is 5.92 Å². The van der Waals surface area contributed by atoms with Crippen molar-refractivity contribution in [3.8, 4) is 0 Å². The first-order valence-corrected chi connectivity index (χ1v) is 4.78. The molecule has 1 amide bonds. The highest BCUT2D eigenvalue weighted by Crippen LogP contribution is 2.06. The average Bonchev–Trinajstić information content (AvgIpc) is 2.21. The Hall–Kier alpha value is -1.19. The van der Waals surface area contributed by atoms with Crippen LogP contribution in [0.5, 0.6) is 0 Å². The summed E-state index contributed by atoms with van der Waals surface area (Å²) in [6, 6.07) is 0. The van der Waals surface area contributed by atoms with Crippen molar-refractivity contribution in [1.29, 1.82) is 0 Å². The third kappa shape index (κ3) is 4.74. The van der Waals surface area contributed by atoms with E-state index in [2.05, 4.69) is 0 Å². The van der Waals surface area contributed by atoms with E-state index in [1.807, 2.05) is 6.92 Å². The Morgan fingerprint density at radius 3 is 2.50 bits per heavy atom. The second-order valence-electron chi connectivity index (χ2n) is 3.28. The maximum Gasteiger partial charge on any atom is 0.223 e. The Morgan fingerprint density at radius 2 is 2.07 bits per heavy atom. The van der Waals surface area contributed by atoms with E-state index in [0.717, 1.165) is 12.6 Å². The first-order valence-electron chi connectivity index (χ1n) is 4.78. The second kappa shape index (κ2) is 7.24. The third-order valence-electron chi connectivity index (χ3n) is 2.16. The lowest BCUT2D eigenvalue weighted by molar-refractivity contribution is -0.132. The summed E-state index contributed by atoms with van der Waals surface area (Å²) in [5, 5.41) is 0. The highest BCUT2D eigenvalue weighted by molar-refractivity contribution is 5.79. The monoisotopic (exact) mass is 199 g/mol. The highest BCUT2D eigenvalue weighted by Gasteiger charge is 2.14. The first-order chi connectivity index (χ1) is 6.65. The lowest BCUT2D eigenvalue weighted by Crippen LogP contribution is -2.29. The fourth-order valence-electron chi connectivity index (χ4n) is 1.04. The molecule has 4 nitrogen and oxygen atoms in total. The van der Waals surface area contributed by atoms with Crippen LogP contribution in [0.25, 0.3) is 0 Å². The normalized spacial score (nSPS) is 11.9. The average molecular weight is 199 g/mol. The van der Waals surface area contributed by atoms with Gasteiger partial charge in [-0.15, -0.1) is 0 Å². The van der Waals surface area contributed by atoms with Crippen LogP contribution >= 0.6 is 0 Å². The molecule has 1 atom stereocenters. The van der Waals surface area contributed by atoms with Gasteiger partial charge >= 0.3 is 0 Å². The van der Waals surface area contributed by atoms with E-state index in [1.165, 1.54) is 4.90 Å². The summed E-state index contributed by atoms with van der Waals surface area (Å²) < 4.78 is 0. The molecule has 0 bridgehead atoms. The molecule has 1 unspecified atom stereocenters. The number of carbonyl (C=O) groups excluding carboxylic acids is 3. The van der Waals surface area contributed by atoms with E-state index >= 15 is 0 Å². The summed E-state index contributed by atoms with van der Waals surface area (Å²) in [4.78, 5) is 33.5. The summed E-state index contributed by atoms with van der Waals surface area (Å²) in [5.74, 6) is -0.271. The first kappa shape index (κ1) is 12.8. The van der Waals surface area contributed by atoms with Gasteiger partial charge in [0.05, 0.1) is 0 Å². The van der Waals surface area contributed by atoms with Crippen molar-refractivity contribution in [3.63, 3.8) is 0 Å². The fourth-order valence-corrected chi connectivity index (χ4v) is 1.04. The summed E-state index contributed by atoms with van der Waals surface area (Å²) in [6.45, 7) is 2.30. The molecule has 0 aliphatic carbocycles. The molecule has 0 aromatic heterocycles. The zero-order valence-electron chi connectivity index (χ0n) is 8.73. The minimum Gasteiger partial charge on any atom is -0.345 e. The molecular formula is C10H17NO3. The number of hydrogen-bond acceptors (Lipinski definition) is 3. The zero-order valence-corrected chi connectivity index (χ0v) is 8.73. The van der Waals surface area contributed by atoms with Gasteiger partial charge < -0.3 is 14.5 Å². The molecule has 0 radical (unpaired) electrons. The summed E-state index contributed by atoms with van der Waals surface area (Å²) >= 11 is 0. The van der Waals surface area contributed by atoms with Crippen LogP contribution in [0.1, 0.15) is 26.2 Å². The molecule has 0 aliphatic rings. The minimum absolute atomic E-state index is 0.0780. The highest BCUT2D eigenvalue weighted by atomic mass is 16.2.